The Morgan fingerprint density at radius 1 is 1.39 bits per heavy atom. The number of amides is 1. The van der Waals surface area contributed by atoms with E-state index in [1.807, 2.05) is 24.3 Å². The van der Waals surface area contributed by atoms with E-state index < -0.39 is 0 Å². The number of hydrogen-bond donors (Lipinski definition) is 1. The Hall–Kier alpha value is -1.51. The van der Waals surface area contributed by atoms with E-state index in [1.165, 1.54) is 11.3 Å². The predicted octanol–water partition coefficient (Wildman–Crippen LogP) is 3.70. The Morgan fingerprint density at radius 3 is 2.87 bits per heavy atom. The molecule has 0 radical (unpaired) electrons. The molecule has 2 rings (SSSR count). The molecule has 0 saturated heterocycles. The molecular weight excluding hydrogens is 350 g/mol. The number of anilines is 1. The van der Waals surface area contributed by atoms with Gasteiger partial charge in [-0.2, -0.15) is 0 Å². The molecule has 8 heteroatoms. The van der Waals surface area contributed by atoms with Crippen LogP contribution in [0.1, 0.15) is 5.56 Å². The number of benzene rings is 1. The van der Waals surface area contributed by atoms with Crippen LogP contribution in [0.15, 0.2) is 41.3 Å². The van der Waals surface area contributed by atoms with Gasteiger partial charge in [-0.3, -0.25) is 10.1 Å². The summed E-state index contributed by atoms with van der Waals surface area (Å²) in [6, 6.07) is 7.83. The molecule has 1 aromatic carbocycles. The lowest BCUT2D eigenvalue weighted by Gasteiger charge is -2.03. The minimum atomic E-state index is -0.0695. The first kappa shape index (κ1) is 17.8. The third-order valence-corrected chi connectivity index (χ3v) is 5.61. The number of thioether (sulfide) groups is 2. The fourth-order valence-corrected chi connectivity index (χ4v) is 3.90. The van der Waals surface area contributed by atoms with Crippen molar-refractivity contribution in [3.05, 3.63) is 42.5 Å². The van der Waals surface area contributed by atoms with Gasteiger partial charge in [-0.25, -0.2) is 0 Å². The molecule has 0 spiro atoms. The molecule has 2 aromatic rings. The van der Waals surface area contributed by atoms with Crippen LogP contribution < -0.4 is 10.1 Å². The highest BCUT2D eigenvalue weighted by Gasteiger charge is 2.08. The second kappa shape index (κ2) is 9.59. The lowest BCUT2D eigenvalue weighted by molar-refractivity contribution is -0.113. The van der Waals surface area contributed by atoms with Crippen molar-refractivity contribution in [2.75, 3.05) is 23.9 Å². The number of carbonyl (C=O) groups excluding carboxylic acids is 1. The van der Waals surface area contributed by atoms with E-state index in [1.54, 1.807) is 36.7 Å². The summed E-state index contributed by atoms with van der Waals surface area (Å²) in [7, 11) is 1.64. The van der Waals surface area contributed by atoms with Gasteiger partial charge in [-0.05, 0) is 17.7 Å². The Morgan fingerprint density at radius 2 is 2.17 bits per heavy atom. The number of carbonyl (C=O) groups is 1. The first-order valence-corrected chi connectivity index (χ1v) is 9.74. The van der Waals surface area contributed by atoms with Gasteiger partial charge < -0.3 is 4.74 Å². The number of methoxy groups -OCH3 is 1. The summed E-state index contributed by atoms with van der Waals surface area (Å²) in [5, 5.41) is 11.3. The zero-order chi connectivity index (χ0) is 16.5. The van der Waals surface area contributed by atoms with E-state index in [-0.39, 0.29) is 5.91 Å². The Kier molecular flexibility index (Phi) is 7.44. The van der Waals surface area contributed by atoms with Gasteiger partial charge in [0.15, 0.2) is 4.34 Å². The summed E-state index contributed by atoms with van der Waals surface area (Å²) in [6.45, 7) is 3.66. The van der Waals surface area contributed by atoms with Gasteiger partial charge in [0.25, 0.3) is 0 Å². The third kappa shape index (κ3) is 6.25. The number of aromatic nitrogens is 2. The number of hydrogen-bond acceptors (Lipinski definition) is 7. The molecule has 0 fully saturated rings. The first-order chi connectivity index (χ1) is 11.2. The van der Waals surface area contributed by atoms with Crippen LogP contribution in [0.5, 0.6) is 5.75 Å². The molecule has 1 N–H and O–H groups in total. The topological polar surface area (TPSA) is 64.1 Å². The number of nitrogens with zero attached hydrogens (tertiary/aromatic N) is 2. The smallest absolute Gasteiger partial charge is 0.236 e. The van der Waals surface area contributed by atoms with Crippen LogP contribution in [0.4, 0.5) is 5.13 Å². The molecule has 0 saturated carbocycles. The van der Waals surface area contributed by atoms with Crippen molar-refractivity contribution in [3.8, 4) is 5.75 Å². The number of ether oxygens (including phenoxy) is 1. The van der Waals surface area contributed by atoms with Gasteiger partial charge in [-0.1, -0.05) is 41.3 Å². The van der Waals surface area contributed by atoms with Crippen molar-refractivity contribution >= 4 is 45.9 Å². The maximum Gasteiger partial charge on any atom is 0.236 e. The summed E-state index contributed by atoms with van der Waals surface area (Å²) >= 11 is 4.47. The molecular formula is C15H17N3O2S3. The fourth-order valence-electron chi connectivity index (χ4n) is 1.59. The summed E-state index contributed by atoms with van der Waals surface area (Å²) in [5.74, 6) is 2.69. The minimum absolute atomic E-state index is 0.0695. The first-order valence-electron chi connectivity index (χ1n) is 6.79. The molecule has 0 aliphatic heterocycles. The standard InChI is InChI=1S/C15H17N3O2S3/c1-3-8-22-15-18-17-14(23-15)16-13(19)10-21-9-11-4-6-12(20-2)7-5-11/h3-7H,1,8-10H2,2H3,(H,16,17,19). The van der Waals surface area contributed by atoms with E-state index in [0.717, 1.165) is 27.2 Å². The summed E-state index contributed by atoms with van der Waals surface area (Å²) in [5.41, 5.74) is 1.16. The molecule has 122 valence electrons. The van der Waals surface area contributed by atoms with Gasteiger partial charge in [0.1, 0.15) is 5.75 Å². The van der Waals surface area contributed by atoms with Crippen molar-refractivity contribution in [1.82, 2.24) is 10.2 Å². The highest BCUT2D eigenvalue weighted by Crippen LogP contribution is 2.25. The van der Waals surface area contributed by atoms with E-state index in [2.05, 4.69) is 22.1 Å². The second-order valence-electron chi connectivity index (χ2n) is 4.36. The largest absolute Gasteiger partial charge is 0.497 e. The highest BCUT2D eigenvalue weighted by atomic mass is 32.2. The Bertz CT molecular complexity index is 644. The maximum absolute atomic E-state index is 11.9. The van der Waals surface area contributed by atoms with Gasteiger partial charge in [-0.15, -0.1) is 28.5 Å². The summed E-state index contributed by atoms with van der Waals surface area (Å²) in [4.78, 5) is 11.9. The monoisotopic (exact) mass is 367 g/mol. The van der Waals surface area contributed by atoms with Crippen LogP contribution in [0.3, 0.4) is 0 Å². The number of nitrogens with one attached hydrogen (secondary N) is 1. The second-order valence-corrected chi connectivity index (χ2v) is 7.59. The molecule has 0 aliphatic rings. The zero-order valence-electron chi connectivity index (χ0n) is 12.7. The molecule has 1 aromatic heterocycles. The molecule has 0 aliphatic carbocycles. The molecule has 0 unspecified atom stereocenters. The highest BCUT2D eigenvalue weighted by molar-refractivity contribution is 8.01. The average molecular weight is 368 g/mol. The normalized spacial score (nSPS) is 10.3. The summed E-state index contributed by atoms with van der Waals surface area (Å²) < 4.78 is 5.94. The van der Waals surface area contributed by atoms with Crippen molar-refractivity contribution in [2.45, 2.75) is 10.1 Å². The fraction of sp³-hybridized carbons (Fsp3) is 0.267. The van der Waals surface area contributed by atoms with E-state index in [4.69, 9.17) is 4.74 Å². The van der Waals surface area contributed by atoms with Gasteiger partial charge >= 0.3 is 0 Å². The van der Waals surface area contributed by atoms with E-state index in [9.17, 15) is 4.79 Å². The molecule has 0 bridgehead atoms. The van der Waals surface area contributed by atoms with E-state index >= 15 is 0 Å². The molecule has 0 atom stereocenters. The lowest BCUT2D eigenvalue weighted by atomic mass is 10.2. The Balaban J connectivity index is 1.71. The molecule has 1 heterocycles. The molecule has 5 nitrogen and oxygen atoms in total. The van der Waals surface area contributed by atoms with Gasteiger partial charge in [0.05, 0.1) is 12.9 Å². The summed E-state index contributed by atoms with van der Waals surface area (Å²) in [6.07, 6.45) is 1.81. The van der Waals surface area contributed by atoms with Crippen LogP contribution in [0.25, 0.3) is 0 Å². The van der Waals surface area contributed by atoms with Crippen molar-refractivity contribution < 1.29 is 9.53 Å². The van der Waals surface area contributed by atoms with E-state index in [0.29, 0.717) is 10.9 Å². The van der Waals surface area contributed by atoms with Crippen LogP contribution in [0.2, 0.25) is 0 Å². The quantitative estimate of drug-likeness (QED) is 0.414. The minimum Gasteiger partial charge on any atom is -0.497 e. The van der Waals surface area contributed by atoms with Gasteiger partial charge in [0, 0.05) is 11.5 Å². The van der Waals surface area contributed by atoms with Crippen molar-refractivity contribution in [1.29, 1.82) is 0 Å². The SMILES string of the molecule is C=CCSc1nnc(NC(=O)CSCc2ccc(OC)cc2)s1. The Labute approximate surface area is 147 Å². The lowest BCUT2D eigenvalue weighted by Crippen LogP contribution is -2.13. The molecule has 1 amide bonds. The molecule has 23 heavy (non-hydrogen) atoms. The zero-order valence-corrected chi connectivity index (χ0v) is 15.1. The van der Waals surface area contributed by atoms with Crippen molar-refractivity contribution in [3.63, 3.8) is 0 Å². The van der Waals surface area contributed by atoms with Crippen molar-refractivity contribution in [2.24, 2.45) is 0 Å². The van der Waals surface area contributed by atoms with Gasteiger partial charge in [0.2, 0.25) is 11.0 Å². The predicted molar refractivity (Wildman–Crippen MR) is 98.6 cm³/mol. The number of rotatable bonds is 9. The van der Waals surface area contributed by atoms with Crippen LogP contribution >= 0.6 is 34.9 Å². The van der Waals surface area contributed by atoms with Crippen LogP contribution in [-0.2, 0) is 10.5 Å². The third-order valence-electron chi connectivity index (χ3n) is 2.64. The van der Waals surface area contributed by atoms with Crippen LogP contribution in [0, 0.1) is 0 Å². The maximum atomic E-state index is 11.9. The average Bonchev–Trinajstić information content (AvgIpc) is 3.01. The van der Waals surface area contributed by atoms with Crippen LogP contribution in [-0.4, -0.2) is 34.7 Å².